The Hall–Kier alpha value is -1.45. The number of rotatable bonds is 6. The largest absolute Gasteiger partial charge is 0.379 e. The second-order valence-corrected chi connectivity index (χ2v) is 8.97. The third kappa shape index (κ3) is 5.02. The van der Waals surface area contributed by atoms with Gasteiger partial charge in [-0.3, -0.25) is 4.90 Å². The minimum absolute atomic E-state index is 0.0481. The van der Waals surface area contributed by atoms with Crippen LogP contribution in [0, 0.1) is 6.92 Å². The summed E-state index contributed by atoms with van der Waals surface area (Å²) in [5.74, 6) is 1.79. The predicted molar refractivity (Wildman–Crippen MR) is 98.0 cm³/mol. The molecule has 0 saturated carbocycles. The number of anilines is 2. The standard InChI is InChI=1S/C16H27N5O3S/c1-13-11-15(17-4-5-21-6-8-24-9-7-21)19-16(18-13)20(2)14-3-10-25(22,23)12-14/h11,14H,3-10,12H2,1-2H3,(H,17,18,19). The van der Waals surface area contributed by atoms with Crippen LogP contribution >= 0.6 is 0 Å². The second-order valence-electron chi connectivity index (χ2n) is 6.74. The number of ether oxygens (including phenoxy) is 1. The Morgan fingerprint density at radius 1 is 1.36 bits per heavy atom. The zero-order chi connectivity index (χ0) is 17.9. The zero-order valence-electron chi connectivity index (χ0n) is 14.9. The Morgan fingerprint density at radius 2 is 2.12 bits per heavy atom. The molecule has 9 heteroatoms. The lowest BCUT2D eigenvalue weighted by Crippen LogP contribution is -2.39. The molecule has 25 heavy (non-hydrogen) atoms. The van der Waals surface area contributed by atoms with Gasteiger partial charge in [0.1, 0.15) is 5.82 Å². The van der Waals surface area contributed by atoms with Crippen molar-refractivity contribution in [3.8, 4) is 0 Å². The Morgan fingerprint density at radius 3 is 2.80 bits per heavy atom. The van der Waals surface area contributed by atoms with Gasteiger partial charge in [0, 0.05) is 51.0 Å². The summed E-state index contributed by atoms with van der Waals surface area (Å²) in [5, 5.41) is 3.36. The molecule has 2 saturated heterocycles. The number of nitrogens with zero attached hydrogens (tertiary/aromatic N) is 4. The van der Waals surface area contributed by atoms with Gasteiger partial charge in [0.05, 0.1) is 24.7 Å². The van der Waals surface area contributed by atoms with E-state index in [-0.39, 0.29) is 17.5 Å². The first-order chi connectivity index (χ1) is 11.9. The highest BCUT2D eigenvalue weighted by Gasteiger charge is 2.31. The van der Waals surface area contributed by atoms with Gasteiger partial charge >= 0.3 is 0 Å². The van der Waals surface area contributed by atoms with Crippen molar-refractivity contribution < 1.29 is 13.2 Å². The summed E-state index contributed by atoms with van der Waals surface area (Å²) in [6, 6.07) is 1.87. The molecule has 1 atom stereocenters. The highest BCUT2D eigenvalue weighted by molar-refractivity contribution is 7.91. The van der Waals surface area contributed by atoms with Crippen molar-refractivity contribution in [3.63, 3.8) is 0 Å². The Balaban J connectivity index is 1.59. The first-order valence-corrected chi connectivity index (χ1v) is 10.6. The molecule has 0 amide bonds. The molecule has 0 aromatic carbocycles. The van der Waals surface area contributed by atoms with Gasteiger partial charge in [-0.15, -0.1) is 0 Å². The average molecular weight is 369 g/mol. The van der Waals surface area contributed by atoms with Crippen molar-refractivity contribution in [1.29, 1.82) is 0 Å². The minimum atomic E-state index is -2.92. The average Bonchev–Trinajstić information content (AvgIpc) is 2.94. The van der Waals surface area contributed by atoms with Crippen molar-refractivity contribution in [2.45, 2.75) is 19.4 Å². The normalized spacial score (nSPS) is 23.5. The summed E-state index contributed by atoms with van der Waals surface area (Å²) in [6.45, 7) is 7.20. The zero-order valence-corrected chi connectivity index (χ0v) is 15.8. The number of aryl methyl sites for hydroxylation is 1. The van der Waals surface area contributed by atoms with Gasteiger partial charge in [0.2, 0.25) is 5.95 Å². The van der Waals surface area contributed by atoms with Gasteiger partial charge in [-0.1, -0.05) is 0 Å². The van der Waals surface area contributed by atoms with Crippen LogP contribution < -0.4 is 10.2 Å². The van der Waals surface area contributed by atoms with Crippen LogP contribution in [0.2, 0.25) is 0 Å². The molecule has 1 N–H and O–H groups in total. The van der Waals surface area contributed by atoms with Crippen LogP contribution in [0.3, 0.4) is 0 Å². The summed E-state index contributed by atoms with van der Waals surface area (Å²) in [7, 11) is -1.05. The number of nitrogens with one attached hydrogen (secondary N) is 1. The quantitative estimate of drug-likeness (QED) is 0.758. The van der Waals surface area contributed by atoms with E-state index in [1.165, 1.54) is 0 Å². The number of morpholine rings is 1. The molecule has 0 radical (unpaired) electrons. The first kappa shape index (κ1) is 18.3. The predicted octanol–water partition coefficient (Wildman–Crippen LogP) is 0.152. The van der Waals surface area contributed by atoms with Gasteiger partial charge in [0.25, 0.3) is 0 Å². The lowest BCUT2D eigenvalue weighted by molar-refractivity contribution is 0.0398. The molecule has 0 spiro atoms. The number of aromatic nitrogens is 2. The molecule has 1 aromatic rings. The van der Waals surface area contributed by atoms with Gasteiger partial charge in [0.15, 0.2) is 9.84 Å². The molecule has 0 aliphatic carbocycles. The topological polar surface area (TPSA) is 87.7 Å². The van der Waals surface area contributed by atoms with Crippen LogP contribution in [0.5, 0.6) is 0 Å². The first-order valence-electron chi connectivity index (χ1n) is 8.76. The fourth-order valence-corrected chi connectivity index (χ4v) is 4.99. The third-order valence-corrected chi connectivity index (χ3v) is 6.50. The highest BCUT2D eigenvalue weighted by atomic mass is 32.2. The van der Waals surface area contributed by atoms with E-state index in [1.807, 2.05) is 24.9 Å². The van der Waals surface area contributed by atoms with E-state index in [4.69, 9.17) is 4.74 Å². The van der Waals surface area contributed by atoms with E-state index >= 15 is 0 Å². The van der Waals surface area contributed by atoms with Crippen LogP contribution in [0.25, 0.3) is 0 Å². The summed E-state index contributed by atoms with van der Waals surface area (Å²) >= 11 is 0. The molecule has 0 bridgehead atoms. The van der Waals surface area contributed by atoms with Crippen molar-refractivity contribution in [3.05, 3.63) is 11.8 Å². The third-order valence-electron chi connectivity index (χ3n) is 4.75. The maximum atomic E-state index is 11.7. The number of sulfone groups is 1. The Kier molecular flexibility index (Phi) is 5.75. The molecule has 1 unspecified atom stereocenters. The molecule has 2 fully saturated rings. The minimum Gasteiger partial charge on any atom is -0.379 e. The summed E-state index contributed by atoms with van der Waals surface area (Å²) in [5.41, 5.74) is 0.867. The summed E-state index contributed by atoms with van der Waals surface area (Å²) in [4.78, 5) is 13.3. The van der Waals surface area contributed by atoms with Crippen molar-refractivity contribution >= 4 is 21.6 Å². The van der Waals surface area contributed by atoms with E-state index in [0.29, 0.717) is 12.4 Å². The molecular weight excluding hydrogens is 342 g/mol. The van der Waals surface area contributed by atoms with Crippen molar-refractivity contribution in [2.75, 3.05) is 68.2 Å². The SMILES string of the molecule is Cc1cc(NCCN2CCOCC2)nc(N(C)C2CCS(=O)(=O)C2)n1. The smallest absolute Gasteiger partial charge is 0.227 e. The Labute approximate surface area is 149 Å². The van der Waals surface area contributed by atoms with Crippen LogP contribution in [-0.2, 0) is 14.6 Å². The maximum absolute atomic E-state index is 11.7. The van der Waals surface area contributed by atoms with Crippen LogP contribution in [0.4, 0.5) is 11.8 Å². The monoisotopic (exact) mass is 369 g/mol. The second kappa shape index (κ2) is 7.84. The maximum Gasteiger partial charge on any atom is 0.227 e. The van der Waals surface area contributed by atoms with Gasteiger partial charge in [-0.25, -0.2) is 13.4 Å². The van der Waals surface area contributed by atoms with Gasteiger partial charge in [-0.2, -0.15) is 4.98 Å². The molecular formula is C16H27N5O3S. The van der Waals surface area contributed by atoms with E-state index in [1.54, 1.807) is 0 Å². The number of hydrogen-bond acceptors (Lipinski definition) is 8. The van der Waals surface area contributed by atoms with Crippen LogP contribution in [0.15, 0.2) is 6.07 Å². The molecule has 2 aliphatic heterocycles. The lowest BCUT2D eigenvalue weighted by atomic mass is 10.2. The fraction of sp³-hybridized carbons (Fsp3) is 0.750. The van der Waals surface area contributed by atoms with E-state index in [9.17, 15) is 8.42 Å². The van der Waals surface area contributed by atoms with Crippen molar-refractivity contribution in [2.24, 2.45) is 0 Å². The highest BCUT2D eigenvalue weighted by Crippen LogP contribution is 2.21. The molecule has 3 rings (SSSR count). The van der Waals surface area contributed by atoms with Gasteiger partial charge < -0.3 is 15.0 Å². The van der Waals surface area contributed by atoms with Crippen molar-refractivity contribution in [1.82, 2.24) is 14.9 Å². The fourth-order valence-electron chi connectivity index (χ4n) is 3.21. The molecule has 3 heterocycles. The summed E-state index contributed by atoms with van der Waals surface area (Å²) in [6.07, 6.45) is 0.635. The lowest BCUT2D eigenvalue weighted by Gasteiger charge is -2.27. The van der Waals surface area contributed by atoms with Gasteiger partial charge in [-0.05, 0) is 13.3 Å². The van der Waals surface area contributed by atoms with E-state index < -0.39 is 9.84 Å². The number of hydrogen-bond donors (Lipinski definition) is 1. The van der Waals surface area contributed by atoms with E-state index in [0.717, 1.165) is 50.9 Å². The van der Waals surface area contributed by atoms with Crippen LogP contribution in [0.1, 0.15) is 12.1 Å². The molecule has 140 valence electrons. The Bertz CT molecular complexity index is 691. The summed E-state index contributed by atoms with van der Waals surface area (Å²) < 4.78 is 28.8. The van der Waals surface area contributed by atoms with Crippen LogP contribution in [-0.4, -0.2) is 87.3 Å². The molecule has 1 aromatic heterocycles. The molecule has 2 aliphatic rings. The molecule has 8 nitrogen and oxygen atoms in total. The van der Waals surface area contributed by atoms with E-state index in [2.05, 4.69) is 20.2 Å².